The third kappa shape index (κ3) is 3.86. The van der Waals surface area contributed by atoms with Crippen molar-refractivity contribution in [3.8, 4) is 5.75 Å². The van der Waals surface area contributed by atoms with Crippen molar-refractivity contribution in [1.82, 2.24) is 0 Å². The molecule has 0 amide bonds. The molecule has 100 valence electrons. The van der Waals surface area contributed by atoms with Gasteiger partial charge in [-0.2, -0.15) is 0 Å². The standard InChI is InChI=1S/C15H16ClO2P/c16-12-7-13-19(17,15-10-5-2-6-11-15)18-14-8-3-1-4-9-14/h1-6,8-11H,7,12-13H2. The predicted octanol–water partition coefficient (Wildman–Crippen LogP) is 4.30. The lowest BCUT2D eigenvalue weighted by atomic mass is 10.3. The number of benzene rings is 2. The molecule has 0 saturated heterocycles. The summed E-state index contributed by atoms with van der Waals surface area (Å²) in [7, 11) is -2.89. The molecule has 0 aliphatic carbocycles. The van der Waals surface area contributed by atoms with Crippen molar-refractivity contribution in [2.75, 3.05) is 12.0 Å². The van der Waals surface area contributed by atoms with Crippen LogP contribution in [0.15, 0.2) is 60.7 Å². The van der Waals surface area contributed by atoms with E-state index in [9.17, 15) is 4.57 Å². The van der Waals surface area contributed by atoms with E-state index < -0.39 is 7.37 Å². The molecular formula is C15H16ClO2P. The van der Waals surface area contributed by atoms with Gasteiger partial charge in [-0.25, -0.2) is 0 Å². The van der Waals surface area contributed by atoms with Crippen molar-refractivity contribution in [3.63, 3.8) is 0 Å². The highest BCUT2D eigenvalue weighted by molar-refractivity contribution is 7.67. The molecule has 0 N–H and O–H groups in total. The number of rotatable bonds is 6. The van der Waals surface area contributed by atoms with E-state index in [0.717, 1.165) is 5.30 Å². The van der Waals surface area contributed by atoms with Gasteiger partial charge in [0, 0.05) is 17.3 Å². The monoisotopic (exact) mass is 294 g/mol. The fourth-order valence-corrected chi connectivity index (χ4v) is 4.24. The van der Waals surface area contributed by atoms with Gasteiger partial charge in [-0.1, -0.05) is 36.4 Å². The molecule has 19 heavy (non-hydrogen) atoms. The average molecular weight is 295 g/mol. The highest BCUT2D eigenvalue weighted by atomic mass is 35.5. The summed E-state index contributed by atoms with van der Waals surface area (Å²) in [4.78, 5) is 0. The minimum absolute atomic E-state index is 0.454. The molecule has 2 aromatic carbocycles. The molecule has 0 aliphatic heterocycles. The highest BCUT2D eigenvalue weighted by Crippen LogP contribution is 2.46. The molecule has 4 heteroatoms. The van der Waals surface area contributed by atoms with Crippen LogP contribution in [0.2, 0.25) is 0 Å². The molecule has 2 aromatic rings. The minimum Gasteiger partial charge on any atom is -0.440 e. The second-order valence-electron chi connectivity index (χ2n) is 4.18. The molecule has 1 unspecified atom stereocenters. The average Bonchev–Trinajstić information content (AvgIpc) is 2.47. The number of halogens is 1. The van der Waals surface area contributed by atoms with Crippen molar-refractivity contribution in [3.05, 3.63) is 60.7 Å². The van der Waals surface area contributed by atoms with Gasteiger partial charge in [0.25, 0.3) is 7.37 Å². The van der Waals surface area contributed by atoms with E-state index in [4.69, 9.17) is 16.1 Å². The summed E-state index contributed by atoms with van der Waals surface area (Å²) in [5, 5.41) is 0.740. The van der Waals surface area contributed by atoms with Gasteiger partial charge in [-0.3, -0.25) is 4.57 Å². The Morgan fingerprint density at radius 1 is 0.947 bits per heavy atom. The first-order valence-electron chi connectivity index (χ1n) is 6.20. The fourth-order valence-electron chi connectivity index (χ4n) is 1.80. The Balaban J connectivity index is 2.27. The molecule has 0 bridgehead atoms. The smallest absolute Gasteiger partial charge is 0.277 e. The summed E-state index contributed by atoms with van der Waals surface area (Å²) >= 11 is 5.72. The molecular weight excluding hydrogens is 279 g/mol. The normalized spacial score (nSPS) is 13.7. The van der Waals surface area contributed by atoms with Crippen molar-refractivity contribution in [2.24, 2.45) is 0 Å². The van der Waals surface area contributed by atoms with Gasteiger partial charge in [-0.05, 0) is 30.7 Å². The Hall–Kier alpha value is -1.24. The highest BCUT2D eigenvalue weighted by Gasteiger charge is 2.26. The molecule has 0 radical (unpaired) electrons. The van der Waals surface area contributed by atoms with Gasteiger partial charge in [0.2, 0.25) is 0 Å². The summed E-state index contributed by atoms with van der Waals surface area (Å²) in [6, 6.07) is 18.6. The Labute approximate surface area is 118 Å². The maximum absolute atomic E-state index is 13.1. The largest absolute Gasteiger partial charge is 0.440 e. The lowest BCUT2D eigenvalue weighted by molar-refractivity contribution is 0.491. The first kappa shape index (κ1) is 14.2. The quantitative estimate of drug-likeness (QED) is 0.586. The van der Waals surface area contributed by atoms with E-state index in [0.29, 0.717) is 24.2 Å². The number of alkyl halides is 1. The lowest BCUT2D eigenvalue weighted by Crippen LogP contribution is -2.12. The van der Waals surface area contributed by atoms with E-state index in [2.05, 4.69) is 0 Å². The first-order valence-corrected chi connectivity index (χ1v) is 8.54. The Morgan fingerprint density at radius 3 is 2.11 bits per heavy atom. The van der Waals surface area contributed by atoms with Crippen molar-refractivity contribution >= 4 is 24.3 Å². The molecule has 2 rings (SSSR count). The van der Waals surface area contributed by atoms with Crippen molar-refractivity contribution < 1.29 is 9.09 Å². The molecule has 0 aromatic heterocycles. The van der Waals surface area contributed by atoms with Gasteiger partial charge in [0.1, 0.15) is 5.75 Å². The van der Waals surface area contributed by atoms with E-state index >= 15 is 0 Å². The van der Waals surface area contributed by atoms with Crippen molar-refractivity contribution in [2.45, 2.75) is 6.42 Å². The Morgan fingerprint density at radius 2 is 1.53 bits per heavy atom. The number of hydrogen-bond donors (Lipinski definition) is 0. The Bertz CT molecular complexity index is 543. The van der Waals surface area contributed by atoms with Crippen LogP contribution in [0.5, 0.6) is 5.75 Å². The van der Waals surface area contributed by atoms with Crippen LogP contribution in [0.1, 0.15) is 6.42 Å². The maximum atomic E-state index is 13.1. The van der Waals surface area contributed by atoms with Crippen LogP contribution in [0.3, 0.4) is 0 Å². The van der Waals surface area contributed by atoms with E-state index in [-0.39, 0.29) is 0 Å². The van der Waals surface area contributed by atoms with Crippen LogP contribution in [0.25, 0.3) is 0 Å². The summed E-state index contributed by atoms with van der Waals surface area (Å²) in [5.41, 5.74) is 0. The molecule has 1 atom stereocenters. The number of para-hydroxylation sites is 1. The SMILES string of the molecule is O=P(CCCCl)(Oc1ccccc1)c1ccccc1. The first-order chi connectivity index (χ1) is 9.24. The lowest BCUT2D eigenvalue weighted by Gasteiger charge is -2.19. The second kappa shape index (κ2) is 6.79. The van der Waals surface area contributed by atoms with Crippen LogP contribution in [-0.2, 0) is 4.57 Å². The summed E-state index contributed by atoms with van der Waals surface area (Å²) in [6.07, 6.45) is 1.12. The molecule has 0 aliphatic rings. The van der Waals surface area contributed by atoms with Crippen LogP contribution in [0, 0.1) is 0 Å². The summed E-state index contributed by atoms with van der Waals surface area (Å²) < 4.78 is 18.8. The van der Waals surface area contributed by atoms with E-state index in [1.54, 1.807) is 0 Å². The second-order valence-corrected chi connectivity index (χ2v) is 7.05. The van der Waals surface area contributed by atoms with E-state index in [1.807, 2.05) is 60.7 Å². The third-order valence-corrected chi connectivity index (χ3v) is 5.49. The van der Waals surface area contributed by atoms with Gasteiger partial charge < -0.3 is 4.52 Å². The molecule has 2 nitrogen and oxygen atoms in total. The Kier molecular flexibility index (Phi) is 5.07. The van der Waals surface area contributed by atoms with Gasteiger partial charge in [0.05, 0.1) is 0 Å². The predicted molar refractivity (Wildman–Crippen MR) is 81.0 cm³/mol. The zero-order valence-electron chi connectivity index (χ0n) is 10.5. The third-order valence-electron chi connectivity index (χ3n) is 2.73. The van der Waals surface area contributed by atoms with Crippen LogP contribution < -0.4 is 9.83 Å². The fraction of sp³-hybridized carbons (Fsp3) is 0.200. The van der Waals surface area contributed by atoms with Gasteiger partial charge in [-0.15, -0.1) is 11.6 Å². The zero-order chi connectivity index (χ0) is 13.6. The summed E-state index contributed by atoms with van der Waals surface area (Å²) in [6.45, 7) is 0. The van der Waals surface area contributed by atoms with Gasteiger partial charge in [0.15, 0.2) is 0 Å². The molecule has 0 spiro atoms. The topological polar surface area (TPSA) is 26.3 Å². The van der Waals surface area contributed by atoms with Gasteiger partial charge >= 0.3 is 0 Å². The minimum atomic E-state index is -2.89. The molecule has 0 heterocycles. The maximum Gasteiger partial charge on any atom is 0.277 e. The van der Waals surface area contributed by atoms with Crippen LogP contribution in [0.4, 0.5) is 0 Å². The van der Waals surface area contributed by atoms with E-state index in [1.165, 1.54) is 0 Å². The van der Waals surface area contributed by atoms with Crippen LogP contribution in [-0.4, -0.2) is 12.0 Å². The van der Waals surface area contributed by atoms with Crippen molar-refractivity contribution in [1.29, 1.82) is 0 Å². The van der Waals surface area contributed by atoms with Crippen LogP contribution >= 0.6 is 19.0 Å². The molecule has 0 saturated carbocycles. The summed E-state index contributed by atoms with van der Waals surface area (Å²) in [5.74, 6) is 1.11. The molecule has 0 fully saturated rings. The zero-order valence-corrected chi connectivity index (χ0v) is 12.2. The number of hydrogen-bond acceptors (Lipinski definition) is 2.